The molecule has 0 aliphatic rings. The minimum Gasteiger partial charge on any atom is -0.450 e. The molecule has 0 spiro atoms. The van der Waals surface area contributed by atoms with Gasteiger partial charge in [-0.2, -0.15) is 0 Å². The molecule has 0 saturated heterocycles. The number of unbranched alkanes of at least 4 members (excludes halogenated alkanes) is 1. The van der Waals surface area contributed by atoms with Crippen LogP contribution in [0.15, 0.2) is 0 Å². The lowest BCUT2D eigenvalue weighted by molar-refractivity contribution is 0.141. The largest absolute Gasteiger partial charge is 0.450 e. The highest BCUT2D eigenvalue weighted by atomic mass is 35.5. The van der Waals surface area contributed by atoms with Gasteiger partial charge >= 0.3 is 6.09 Å². The van der Waals surface area contributed by atoms with Gasteiger partial charge in [0.05, 0.1) is 6.61 Å². The average molecular weight is 262 g/mol. The van der Waals surface area contributed by atoms with Gasteiger partial charge in [-0.15, -0.1) is 18.3 Å². The van der Waals surface area contributed by atoms with Crippen molar-refractivity contribution in [2.45, 2.75) is 32.9 Å². The van der Waals surface area contributed by atoms with Crippen LogP contribution >= 0.6 is 12.4 Å². The molecule has 0 rings (SSSR count). The van der Waals surface area contributed by atoms with Crippen molar-refractivity contribution in [3.63, 3.8) is 0 Å². The molecule has 3 N–H and O–H groups in total. The molecule has 0 aliphatic carbocycles. The molecule has 1 unspecified atom stereocenters. The molecule has 0 aromatic heterocycles. The Balaban J connectivity index is 0. The van der Waals surface area contributed by atoms with Crippen molar-refractivity contribution in [2.75, 3.05) is 13.2 Å². The Hall–Kier alpha value is -1.25. The first-order valence-corrected chi connectivity index (χ1v) is 5.32. The van der Waals surface area contributed by atoms with Crippen LogP contribution in [0, 0.1) is 17.3 Å². The van der Waals surface area contributed by atoms with Crippen LogP contribution < -0.4 is 10.6 Å². The highest BCUT2D eigenvalue weighted by Gasteiger charge is 2.08. The van der Waals surface area contributed by atoms with Gasteiger partial charge in [0, 0.05) is 12.8 Å². The molecule has 0 bridgehead atoms. The molecule has 0 aromatic carbocycles. The van der Waals surface area contributed by atoms with E-state index in [1.807, 2.05) is 6.92 Å². The maximum absolute atomic E-state index is 11.3. The molecular weight excluding hydrogens is 242 g/mol. The van der Waals surface area contributed by atoms with E-state index in [0.717, 1.165) is 12.8 Å². The van der Waals surface area contributed by atoms with Crippen LogP contribution in [-0.4, -0.2) is 31.6 Å². The van der Waals surface area contributed by atoms with Crippen LogP contribution in [0.1, 0.15) is 26.7 Å². The third kappa shape index (κ3) is 11.0. The number of carbonyl (C=O) groups excluding carboxylic acids is 1. The zero-order valence-electron chi connectivity index (χ0n) is 10.2. The lowest BCUT2D eigenvalue weighted by atomic mass is 10.4. The van der Waals surface area contributed by atoms with Crippen molar-refractivity contribution in [3.8, 4) is 11.8 Å². The normalized spacial score (nSPS) is 10.2. The second-order valence-electron chi connectivity index (χ2n) is 3.07. The first-order valence-electron chi connectivity index (χ1n) is 5.32. The lowest BCUT2D eigenvalue weighted by Gasteiger charge is -2.13. The number of halogens is 1. The van der Waals surface area contributed by atoms with E-state index in [1.54, 1.807) is 6.92 Å². The third-order valence-corrected chi connectivity index (χ3v) is 1.71. The van der Waals surface area contributed by atoms with Crippen LogP contribution in [-0.2, 0) is 4.74 Å². The minimum atomic E-state index is -0.487. The minimum absolute atomic E-state index is 0. The van der Waals surface area contributed by atoms with E-state index in [1.165, 1.54) is 6.21 Å². The third-order valence-electron chi connectivity index (χ3n) is 1.71. The van der Waals surface area contributed by atoms with Crippen LogP contribution in [0.2, 0.25) is 0 Å². The summed E-state index contributed by atoms with van der Waals surface area (Å²) in [4.78, 5) is 11.3. The van der Waals surface area contributed by atoms with Gasteiger partial charge in [-0.05, 0) is 13.3 Å². The number of rotatable bonds is 7. The summed E-state index contributed by atoms with van der Waals surface area (Å²) in [6, 6.07) is 0. The van der Waals surface area contributed by atoms with Crippen molar-refractivity contribution in [1.29, 1.82) is 5.41 Å². The van der Waals surface area contributed by atoms with E-state index in [4.69, 9.17) is 10.1 Å². The number of alkyl carbamates (subject to hydrolysis) is 1. The van der Waals surface area contributed by atoms with Crippen molar-refractivity contribution in [2.24, 2.45) is 0 Å². The molecule has 6 heteroatoms. The maximum Gasteiger partial charge on any atom is 0.409 e. The zero-order valence-corrected chi connectivity index (χ0v) is 11.0. The smallest absolute Gasteiger partial charge is 0.409 e. The highest BCUT2D eigenvalue weighted by molar-refractivity contribution is 5.85. The quantitative estimate of drug-likeness (QED) is 0.282. The Kier molecular flexibility index (Phi) is 13.7. The number of carbonyl (C=O) groups is 1. The van der Waals surface area contributed by atoms with Crippen LogP contribution in [0.3, 0.4) is 0 Å². The zero-order chi connectivity index (χ0) is 12.2. The van der Waals surface area contributed by atoms with Gasteiger partial charge in [-0.25, -0.2) is 4.79 Å². The Morgan fingerprint density at radius 3 is 2.82 bits per heavy atom. The number of hydrogen-bond donors (Lipinski definition) is 3. The summed E-state index contributed by atoms with van der Waals surface area (Å²) in [6.45, 7) is 4.48. The predicted octanol–water partition coefficient (Wildman–Crippen LogP) is 1.52. The van der Waals surface area contributed by atoms with Gasteiger partial charge in [-0.3, -0.25) is 10.6 Å². The Morgan fingerprint density at radius 1 is 1.59 bits per heavy atom. The molecule has 17 heavy (non-hydrogen) atoms. The molecule has 0 aromatic rings. The van der Waals surface area contributed by atoms with E-state index in [2.05, 4.69) is 22.5 Å². The summed E-state index contributed by atoms with van der Waals surface area (Å²) < 4.78 is 4.92. The molecule has 0 aliphatic heterocycles. The van der Waals surface area contributed by atoms with Gasteiger partial charge in [0.2, 0.25) is 0 Å². The van der Waals surface area contributed by atoms with Crippen molar-refractivity contribution >= 4 is 24.7 Å². The fraction of sp³-hybridized carbons (Fsp3) is 0.636. The van der Waals surface area contributed by atoms with Crippen LogP contribution in [0.4, 0.5) is 4.79 Å². The van der Waals surface area contributed by atoms with Crippen LogP contribution in [0.5, 0.6) is 0 Å². The maximum atomic E-state index is 11.3. The summed E-state index contributed by atoms with van der Waals surface area (Å²) in [5, 5.41) is 12.3. The van der Waals surface area contributed by atoms with E-state index < -0.39 is 12.3 Å². The van der Waals surface area contributed by atoms with Crippen LogP contribution in [0.25, 0.3) is 0 Å². The molecule has 0 heterocycles. The Bertz CT molecular complexity index is 274. The second kappa shape index (κ2) is 12.8. The van der Waals surface area contributed by atoms with Crippen molar-refractivity contribution in [3.05, 3.63) is 0 Å². The first-order chi connectivity index (χ1) is 7.74. The van der Waals surface area contributed by atoms with Gasteiger partial charge in [-0.1, -0.05) is 19.3 Å². The SMILES string of the molecule is CC#CC(NCC=N)NC(=O)OCCCC.Cl. The number of ether oxygens (including phenoxy) is 1. The average Bonchev–Trinajstić information content (AvgIpc) is 2.26. The number of amides is 1. The molecule has 1 amide bonds. The molecule has 0 fully saturated rings. The number of nitrogens with one attached hydrogen (secondary N) is 3. The van der Waals surface area contributed by atoms with Crippen molar-refractivity contribution in [1.82, 2.24) is 10.6 Å². The topological polar surface area (TPSA) is 74.2 Å². The fourth-order valence-electron chi connectivity index (χ4n) is 0.928. The Labute approximate surface area is 109 Å². The molecule has 5 nitrogen and oxygen atoms in total. The summed E-state index contributed by atoms with van der Waals surface area (Å²) in [6.07, 6.45) is 2.08. The fourth-order valence-corrected chi connectivity index (χ4v) is 0.928. The molecule has 0 saturated carbocycles. The van der Waals surface area contributed by atoms with E-state index in [0.29, 0.717) is 13.2 Å². The monoisotopic (exact) mass is 261 g/mol. The van der Waals surface area contributed by atoms with Gasteiger partial charge < -0.3 is 10.1 Å². The summed E-state index contributed by atoms with van der Waals surface area (Å²) in [5.74, 6) is 5.45. The summed E-state index contributed by atoms with van der Waals surface area (Å²) in [7, 11) is 0. The van der Waals surface area contributed by atoms with E-state index in [9.17, 15) is 4.79 Å². The molecular formula is C11H20ClN3O2. The molecule has 1 atom stereocenters. The van der Waals surface area contributed by atoms with Gasteiger partial charge in [0.1, 0.15) is 6.17 Å². The Morgan fingerprint density at radius 2 is 2.29 bits per heavy atom. The first kappa shape index (κ1) is 18.1. The predicted molar refractivity (Wildman–Crippen MR) is 70.7 cm³/mol. The summed E-state index contributed by atoms with van der Waals surface area (Å²) in [5.41, 5.74) is 0. The lowest BCUT2D eigenvalue weighted by Crippen LogP contribution is -2.45. The molecule has 0 radical (unpaired) electrons. The van der Waals surface area contributed by atoms with Crippen molar-refractivity contribution < 1.29 is 9.53 Å². The standard InChI is InChI=1S/C11H19N3O2.ClH/c1-3-5-9-16-11(15)14-10(6-4-2)13-8-7-12;/h7,10,12-13H,3,5,8-9H2,1-2H3,(H,14,15);1H. The van der Waals surface area contributed by atoms with E-state index in [-0.39, 0.29) is 12.4 Å². The highest BCUT2D eigenvalue weighted by Crippen LogP contribution is 1.89. The van der Waals surface area contributed by atoms with Gasteiger partial charge in [0.15, 0.2) is 0 Å². The van der Waals surface area contributed by atoms with E-state index >= 15 is 0 Å². The van der Waals surface area contributed by atoms with Gasteiger partial charge in [0.25, 0.3) is 0 Å². The summed E-state index contributed by atoms with van der Waals surface area (Å²) >= 11 is 0. The second-order valence-corrected chi connectivity index (χ2v) is 3.07. The number of hydrogen-bond acceptors (Lipinski definition) is 4. The molecule has 98 valence electrons.